The standard InChI is InChI=1S/C14H22N4S/c1-6-16-10(4)13-11(5)17-14(19-13)12-7-15-8-18(12)9(2)3/h7-10,16H,6H2,1-5H3. The Morgan fingerprint density at radius 3 is 2.74 bits per heavy atom. The number of thiazole rings is 1. The zero-order valence-electron chi connectivity index (χ0n) is 12.3. The quantitative estimate of drug-likeness (QED) is 0.909. The van der Waals surface area contributed by atoms with Crippen LogP contribution in [0.25, 0.3) is 10.7 Å². The Labute approximate surface area is 118 Å². The van der Waals surface area contributed by atoms with E-state index in [0.717, 1.165) is 22.9 Å². The molecule has 1 unspecified atom stereocenters. The molecule has 5 heteroatoms. The van der Waals surface area contributed by atoms with Gasteiger partial charge in [0, 0.05) is 17.0 Å². The van der Waals surface area contributed by atoms with Crippen molar-refractivity contribution in [2.75, 3.05) is 6.54 Å². The van der Waals surface area contributed by atoms with Crippen LogP contribution in [-0.4, -0.2) is 21.1 Å². The van der Waals surface area contributed by atoms with E-state index in [1.165, 1.54) is 4.88 Å². The molecule has 0 saturated carbocycles. The first-order valence-corrected chi connectivity index (χ1v) is 7.59. The van der Waals surface area contributed by atoms with Crippen molar-refractivity contribution < 1.29 is 0 Å². The number of aromatic nitrogens is 3. The molecule has 0 saturated heterocycles. The van der Waals surface area contributed by atoms with Gasteiger partial charge in [-0.25, -0.2) is 9.97 Å². The Balaban J connectivity index is 2.36. The van der Waals surface area contributed by atoms with Gasteiger partial charge in [0.05, 0.1) is 23.9 Å². The van der Waals surface area contributed by atoms with Crippen molar-refractivity contribution in [1.82, 2.24) is 19.9 Å². The maximum Gasteiger partial charge on any atom is 0.142 e. The fourth-order valence-corrected chi connectivity index (χ4v) is 3.31. The van der Waals surface area contributed by atoms with Gasteiger partial charge in [0.1, 0.15) is 5.01 Å². The van der Waals surface area contributed by atoms with Crippen molar-refractivity contribution in [2.24, 2.45) is 0 Å². The molecular weight excluding hydrogens is 256 g/mol. The van der Waals surface area contributed by atoms with Crippen LogP contribution < -0.4 is 5.32 Å². The summed E-state index contributed by atoms with van der Waals surface area (Å²) in [6.45, 7) is 11.7. The van der Waals surface area contributed by atoms with Gasteiger partial charge in [-0.3, -0.25) is 0 Å². The molecule has 0 spiro atoms. The second-order valence-corrected chi connectivity index (χ2v) is 6.06. The van der Waals surface area contributed by atoms with Crippen LogP contribution in [-0.2, 0) is 0 Å². The fourth-order valence-electron chi connectivity index (χ4n) is 2.20. The maximum atomic E-state index is 4.72. The molecule has 0 aliphatic heterocycles. The van der Waals surface area contributed by atoms with Crippen molar-refractivity contribution in [2.45, 2.75) is 46.7 Å². The lowest BCUT2D eigenvalue weighted by Gasteiger charge is -2.10. The van der Waals surface area contributed by atoms with Gasteiger partial charge in [0.2, 0.25) is 0 Å². The van der Waals surface area contributed by atoms with Gasteiger partial charge in [-0.15, -0.1) is 11.3 Å². The van der Waals surface area contributed by atoms with Crippen molar-refractivity contribution >= 4 is 11.3 Å². The lowest BCUT2D eigenvalue weighted by Crippen LogP contribution is -2.17. The van der Waals surface area contributed by atoms with Crippen LogP contribution in [0.1, 0.15) is 50.3 Å². The van der Waals surface area contributed by atoms with E-state index in [-0.39, 0.29) is 0 Å². The molecule has 0 aliphatic carbocycles. The van der Waals surface area contributed by atoms with Crippen LogP contribution in [0.15, 0.2) is 12.5 Å². The molecular formula is C14H22N4S. The number of hydrogen-bond donors (Lipinski definition) is 1. The molecule has 0 bridgehead atoms. The molecule has 0 radical (unpaired) electrons. The molecule has 0 aromatic carbocycles. The summed E-state index contributed by atoms with van der Waals surface area (Å²) in [5.41, 5.74) is 2.23. The molecule has 4 nitrogen and oxygen atoms in total. The number of rotatable bonds is 5. The lowest BCUT2D eigenvalue weighted by atomic mass is 10.2. The van der Waals surface area contributed by atoms with Crippen LogP contribution in [0.3, 0.4) is 0 Å². The monoisotopic (exact) mass is 278 g/mol. The summed E-state index contributed by atoms with van der Waals surface area (Å²) >= 11 is 1.76. The van der Waals surface area contributed by atoms with E-state index in [9.17, 15) is 0 Å². The Morgan fingerprint density at radius 1 is 1.37 bits per heavy atom. The van der Waals surface area contributed by atoms with Gasteiger partial charge < -0.3 is 9.88 Å². The van der Waals surface area contributed by atoms with Crippen LogP contribution in [0.2, 0.25) is 0 Å². The Morgan fingerprint density at radius 2 is 2.11 bits per heavy atom. The van der Waals surface area contributed by atoms with E-state index in [2.05, 4.69) is 49.5 Å². The third-order valence-electron chi connectivity index (χ3n) is 3.18. The zero-order valence-corrected chi connectivity index (χ0v) is 13.1. The SMILES string of the molecule is CCNC(C)c1sc(-c2cncn2C(C)C)nc1C. The van der Waals surface area contributed by atoms with Crippen molar-refractivity contribution in [3.05, 3.63) is 23.1 Å². The molecule has 0 amide bonds. The van der Waals surface area contributed by atoms with Gasteiger partial charge in [-0.1, -0.05) is 6.92 Å². The number of aryl methyl sites for hydroxylation is 1. The van der Waals surface area contributed by atoms with Gasteiger partial charge >= 0.3 is 0 Å². The van der Waals surface area contributed by atoms with Crippen LogP contribution in [0.4, 0.5) is 0 Å². The first-order chi connectivity index (χ1) is 9.04. The Bertz CT molecular complexity index is 541. The second-order valence-electron chi connectivity index (χ2n) is 5.03. The second kappa shape index (κ2) is 5.84. The summed E-state index contributed by atoms with van der Waals surface area (Å²) in [6, 6.07) is 0.753. The largest absolute Gasteiger partial charge is 0.326 e. The molecule has 104 valence electrons. The highest BCUT2D eigenvalue weighted by atomic mass is 32.1. The predicted molar refractivity (Wildman–Crippen MR) is 80.5 cm³/mol. The van der Waals surface area contributed by atoms with E-state index in [4.69, 9.17) is 4.98 Å². The van der Waals surface area contributed by atoms with E-state index < -0.39 is 0 Å². The van der Waals surface area contributed by atoms with Gasteiger partial charge in [0.25, 0.3) is 0 Å². The van der Waals surface area contributed by atoms with Gasteiger partial charge in [0.15, 0.2) is 0 Å². The number of imidazole rings is 1. The molecule has 19 heavy (non-hydrogen) atoms. The fraction of sp³-hybridized carbons (Fsp3) is 0.571. The third kappa shape index (κ3) is 2.87. The number of nitrogens with one attached hydrogen (secondary N) is 1. The molecule has 1 N–H and O–H groups in total. The Kier molecular flexibility index (Phi) is 4.37. The van der Waals surface area contributed by atoms with Crippen LogP contribution in [0, 0.1) is 6.92 Å². The van der Waals surface area contributed by atoms with E-state index in [0.29, 0.717) is 12.1 Å². The van der Waals surface area contributed by atoms with E-state index in [1.807, 2.05) is 12.5 Å². The van der Waals surface area contributed by atoms with E-state index >= 15 is 0 Å². The average Bonchev–Trinajstić information content (AvgIpc) is 2.94. The van der Waals surface area contributed by atoms with Crippen LogP contribution in [0.5, 0.6) is 0 Å². The highest BCUT2D eigenvalue weighted by molar-refractivity contribution is 7.15. The maximum absolute atomic E-state index is 4.72. The number of hydrogen-bond acceptors (Lipinski definition) is 4. The summed E-state index contributed by atoms with van der Waals surface area (Å²) < 4.78 is 2.17. The van der Waals surface area contributed by atoms with Crippen LogP contribution >= 0.6 is 11.3 Å². The van der Waals surface area contributed by atoms with Gasteiger partial charge in [-0.2, -0.15) is 0 Å². The first-order valence-electron chi connectivity index (χ1n) is 6.77. The Hall–Kier alpha value is -1.20. The molecule has 1 atom stereocenters. The third-order valence-corrected chi connectivity index (χ3v) is 4.54. The summed E-state index contributed by atoms with van der Waals surface area (Å²) in [4.78, 5) is 10.3. The number of nitrogens with zero attached hydrogens (tertiary/aromatic N) is 3. The molecule has 2 aromatic rings. The summed E-state index contributed by atoms with van der Waals surface area (Å²) in [6.07, 6.45) is 3.78. The molecule has 2 rings (SSSR count). The minimum atomic E-state index is 0.353. The lowest BCUT2D eigenvalue weighted by molar-refractivity contribution is 0.603. The summed E-state index contributed by atoms with van der Waals surface area (Å²) in [5.74, 6) is 0. The van der Waals surface area contributed by atoms with Gasteiger partial charge in [-0.05, 0) is 34.2 Å². The molecule has 2 heterocycles. The van der Waals surface area contributed by atoms with E-state index in [1.54, 1.807) is 11.3 Å². The highest BCUT2D eigenvalue weighted by Crippen LogP contribution is 2.32. The molecule has 0 fully saturated rings. The summed E-state index contributed by atoms with van der Waals surface area (Å²) in [5, 5.41) is 4.51. The normalized spacial score (nSPS) is 13.2. The summed E-state index contributed by atoms with van der Waals surface area (Å²) in [7, 11) is 0. The topological polar surface area (TPSA) is 42.7 Å². The average molecular weight is 278 g/mol. The molecule has 2 aromatic heterocycles. The first kappa shape index (κ1) is 14.2. The highest BCUT2D eigenvalue weighted by Gasteiger charge is 2.17. The predicted octanol–water partition coefficient (Wildman–Crippen LogP) is 3.57. The van der Waals surface area contributed by atoms with Crippen molar-refractivity contribution in [1.29, 1.82) is 0 Å². The van der Waals surface area contributed by atoms with Crippen molar-refractivity contribution in [3.63, 3.8) is 0 Å². The zero-order chi connectivity index (χ0) is 14.0. The minimum absolute atomic E-state index is 0.353. The smallest absolute Gasteiger partial charge is 0.142 e. The van der Waals surface area contributed by atoms with Crippen molar-refractivity contribution in [3.8, 4) is 10.7 Å². The minimum Gasteiger partial charge on any atom is -0.326 e. The molecule has 0 aliphatic rings.